The van der Waals surface area contributed by atoms with Gasteiger partial charge in [0.25, 0.3) is 0 Å². The van der Waals surface area contributed by atoms with Crippen LogP contribution in [0.15, 0.2) is 60.9 Å². The molecule has 0 aliphatic carbocycles. The van der Waals surface area contributed by atoms with Gasteiger partial charge in [-0.3, -0.25) is 4.79 Å². The summed E-state index contributed by atoms with van der Waals surface area (Å²) in [6, 6.07) is 18.6. The number of anilines is 1. The number of benzene rings is 2. The van der Waals surface area contributed by atoms with Crippen molar-refractivity contribution in [2.45, 2.75) is 33.2 Å². The van der Waals surface area contributed by atoms with E-state index >= 15 is 0 Å². The third-order valence-corrected chi connectivity index (χ3v) is 5.90. The van der Waals surface area contributed by atoms with Crippen molar-refractivity contribution < 1.29 is 4.79 Å². The first-order valence-corrected chi connectivity index (χ1v) is 10.6. The summed E-state index contributed by atoms with van der Waals surface area (Å²) in [6.07, 6.45) is 3.30. The van der Waals surface area contributed by atoms with E-state index in [1.807, 2.05) is 18.2 Å². The van der Waals surface area contributed by atoms with Crippen molar-refractivity contribution in [2.24, 2.45) is 5.92 Å². The van der Waals surface area contributed by atoms with E-state index in [1.165, 1.54) is 16.7 Å². The highest BCUT2D eigenvalue weighted by molar-refractivity contribution is 5.79. The van der Waals surface area contributed by atoms with Crippen LogP contribution in [0.4, 0.5) is 5.82 Å². The molecule has 2 heterocycles. The molecule has 2 aromatic carbocycles. The molecule has 1 saturated heterocycles. The first kappa shape index (κ1) is 20.1. The van der Waals surface area contributed by atoms with E-state index in [0.717, 1.165) is 43.0 Å². The average Bonchev–Trinajstić information content (AvgIpc) is 2.79. The predicted molar refractivity (Wildman–Crippen MR) is 120 cm³/mol. The van der Waals surface area contributed by atoms with E-state index in [-0.39, 0.29) is 11.8 Å². The Morgan fingerprint density at radius 2 is 1.77 bits per heavy atom. The molecule has 3 aromatic rings. The number of aryl methyl sites for hydroxylation is 2. The molecule has 154 valence electrons. The van der Waals surface area contributed by atoms with Gasteiger partial charge >= 0.3 is 0 Å². The summed E-state index contributed by atoms with van der Waals surface area (Å²) in [5.41, 5.74) is 5.64. The van der Waals surface area contributed by atoms with E-state index in [1.54, 1.807) is 6.33 Å². The topological polar surface area (TPSA) is 58.1 Å². The van der Waals surface area contributed by atoms with Crippen molar-refractivity contribution in [3.8, 4) is 11.3 Å². The highest BCUT2D eigenvalue weighted by Gasteiger charge is 2.25. The maximum atomic E-state index is 12.6. The SMILES string of the molecule is Cc1ccc(-c2cc(N3CCC(C(=O)NCc4ccccc4C)CC3)ncn2)cc1. The van der Waals surface area contributed by atoms with Crippen molar-refractivity contribution in [1.29, 1.82) is 0 Å². The standard InChI is InChI=1S/C25H28N4O/c1-18-7-9-20(10-8-18)23-15-24(28-17-27-23)29-13-11-21(12-14-29)25(30)26-16-22-6-4-3-5-19(22)2/h3-10,15,17,21H,11-14,16H2,1-2H3,(H,26,30). The van der Waals surface area contributed by atoms with Gasteiger partial charge in [0, 0.05) is 37.2 Å². The summed E-state index contributed by atoms with van der Waals surface area (Å²) in [6.45, 7) is 6.40. The Morgan fingerprint density at radius 1 is 1.03 bits per heavy atom. The van der Waals surface area contributed by atoms with Crippen molar-refractivity contribution >= 4 is 11.7 Å². The number of nitrogens with zero attached hydrogens (tertiary/aromatic N) is 3. The third-order valence-electron chi connectivity index (χ3n) is 5.90. The van der Waals surface area contributed by atoms with Gasteiger partial charge in [0.2, 0.25) is 5.91 Å². The fraction of sp³-hybridized carbons (Fsp3) is 0.320. The molecule has 0 saturated carbocycles. The predicted octanol–water partition coefficient (Wildman–Crippen LogP) is 4.29. The zero-order chi connectivity index (χ0) is 20.9. The van der Waals surface area contributed by atoms with Gasteiger partial charge in [-0.25, -0.2) is 9.97 Å². The largest absolute Gasteiger partial charge is 0.356 e. The lowest BCUT2D eigenvalue weighted by molar-refractivity contribution is -0.125. The molecule has 5 nitrogen and oxygen atoms in total. The van der Waals surface area contributed by atoms with Crippen LogP contribution in [0.1, 0.15) is 29.5 Å². The Labute approximate surface area is 178 Å². The first-order valence-electron chi connectivity index (χ1n) is 10.6. The second-order valence-corrected chi connectivity index (χ2v) is 8.03. The quantitative estimate of drug-likeness (QED) is 0.694. The maximum absolute atomic E-state index is 12.6. The lowest BCUT2D eigenvalue weighted by Gasteiger charge is -2.32. The van der Waals surface area contributed by atoms with Gasteiger partial charge in [-0.05, 0) is 37.8 Å². The van der Waals surface area contributed by atoms with Crippen molar-refractivity contribution in [2.75, 3.05) is 18.0 Å². The van der Waals surface area contributed by atoms with Crippen molar-refractivity contribution in [3.05, 3.63) is 77.6 Å². The Bertz CT molecular complexity index is 1010. The molecular formula is C25H28N4O. The summed E-state index contributed by atoms with van der Waals surface area (Å²) in [7, 11) is 0. The zero-order valence-electron chi connectivity index (χ0n) is 17.6. The van der Waals surface area contributed by atoms with Gasteiger partial charge in [0.15, 0.2) is 0 Å². The lowest BCUT2D eigenvalue weighted by atomic mass is 9.95. The Morgan fingerprint density at radius 3 is 2.50 bits per heavy atom. The molecular weight excluding hydrogens is 372 g/mol. The lowest BCUT2D eigenvalue weighted by Crippen LogP contribution is -2.40. The fourth-order valence-electron chi connectivity index (χ4n) is 3.91. The van der Waals surface area contributed by atoms with Crippen LogP contribution in [-0.4, -0.2) is 29.0 Å². The van der Waals surface area contributed by atoms with Crippen LogP contribution in [-0.2, 0) is 11.3 Å². The third kappa shape index (κ3) is 4.67. The van der Waals surface area contributed by atoms with E-state index in [4.69, 9.17) is 0 Å². The smallest absolute Gasteiger partial charge is 0.223 e. The highest BCUT2D eigenvalue weighted by Crippen LogP contribution is 2.25. The second-order valence-electron chi connectivity index (χ2n) is 8.03. The Balaban J connectivity index is 1.34. The number of carbonyl (C=O) groups is 1. The van der Waals surface area contributed by atoms with Gasteiger partial charge in [0.05, 0.1) is 5.69 Å². The van der Waals surface area contributed by atoms with Gasteiger partial charge < -0.3 is 10.2 Å². The van der Waals surface area contributed by atoms with Crippen molar-refractivity contribution in [3.63, 3.8) is 0 Å². The van der Waals surface area contributed by atoms with Crippen LogP contribution in [0, 0.1) is 19.8 Å². The van der Waals surface area contributed by atoms with Gasteiger partial charge in [-0.1, -0.05) is 54.1 Å². The van der Waals surface area contributed by atoms with E-state index in [0.29, 0.717) is 6.54 Å². The van der Waals surface area contributed by atoms with Crippen LogP contribution in [0.3, 0.4) is 0 Å². The van der Waals surface area contributed by atoms with Gasteiger partial charge in [-0.2, -0.15) is 0 Å². The van der Waals surface area contributed by atoms with Crippen LogP contribution >= 0.6 is 0 Å². The molecule has 1 N–H and O–H groups in total. The average molecular weight is 401 g/mol. The maximum Gasteiger partial charge on any atom is 0.223 e. The number of piperidine rings is 1. The summed E-state index contributed by atoms with van der Waals surface area (Å²) < 4.78 is 0. The highest BCUT2D eigenvalue weighted by atomic mass is 16.1. The summed E-state index contributed by atoms with van der Waals surface area (Å²) >= 11 is 0. The molecule has 0 spiro atoms. The Hall–Kier alpha value is -3.21. The molecule has 4 rings (SSSR count). The molecule has 1 amide bonds. The van der Waals surface area contributed by atoms with Gasteiger partial charge in [-0.15, -0.1) is 0 Å². The van der Waals surface area contributed by atoms with Crippen LogP contribution < -0.4 is 10.2 Å². The summed E-state index contributed by atoms with van der Waals surface area (Å²) in [5.74, 6) is 1.14. The van der Waals surface area contributed by atoms with E-state index < -0.39 is 0 Å². The molecule has 1 fully saturated rings. The fourth-order valence-corrected chi connectivity index (χ4v) is 3.91. The monoisotopic (exact) mass is 400 g/mol. The molecule has 30 heavy (non-hydrogen) atoms. The van der Waals surface area contributed by atoms with E-state index in [2.05, 4.69) is 70.4 Å². The van der Waals surface area contributed by atoms with Crippen LogP contribution in [0.2, 0.25) is 0 Å². The molecule has 1 aliphatic rings. The molecule has 0 atom stereocenters. The minimum absolute atomic E-state index is 0.0590. The zero-order valence-corrected chi connectivity index (χ0v) is 17.6. The normalized spacial score (nSPS) is 14.5. The number of hydrogen-bond donors (Lipinski definition) is 1. The summed E-state index contributed by atoms with van der Waals surface area (Å²) in [4.78, 5) is 23.8. The molecule has 5 heteroatoms. The molecule has 0 radical (unpaired) electrons. The minimum atomic E-state index is 0.0590. The van der Waals surface area contributed by atoms with Crippen LogP contribution in [0.5, 0.6) is 0 Å². The number of amides is 1. The summed E-state index contributed by atoms with van der Waals surface area (Å²) in [5, 5.41) is 3.12. The number of hydrogen-bond acceptors (Lipinski definition) is 4. The van der Waals surface area contributed by atoms with E-state index in [9.17, 15) is 4.79 Å². The first-order chi connectivity index (χ1) is 14.6. The minimum Gasteiger partial charge on any atom is -0.356 e. The van der Waals surface area contributed by atoms with Crippen molar-refractivity contribution in [1.82, 2.24) is 15.3 Å². The Kier molecular flexibility index (Phi) is 6.07. The van der Waals surface area contributed by atoms with Gasteiger partial charge in [0.1, 0.15) is 12.1 Å². The molecule has 0 unspecified atom stereocenters. The molecule has 1 aliphatic heterocycles. The number of carbonyl (C=O) groups excluding carboxylic acids is 1. The second kappa shape index (κ2) is 9.08. The van der Waals surface area contributed by atoms with Crippen LogP contribution in [0.25, 0.3) is 11.3 Å². The number of nitrogens with one attached hydrogen (secondary N) is 1. The molecule has 1 aromatic heterocycles. The number of aromatic nitrogens is 2. The molecule has 0 bridgehead atoms. The number of rotatable bonds is 5.